The molecule has 0 rings (SSSR count). The van der Waals surface area contributed by atoms with Crippen LogP contribution in [0.25, 0.3) is 0 Å². The first-order valence-corrected chi connectivity index (χ1v) is 11.0. The molecule has 0 radical (unpaired) electrons. The molecule has 0 aliphatic rings. The van der Waals surface area contributed by atoms with Crippen molar-refractivity contribution in [2.75, 3.05) is 7.11 Å². The first kappa shape index (κ1) is 36.5. The van der Waals surface area contributed by atoms with E-state index < -0.39 is 10.4 Å². The summed E-state index contributed by atoms with van der Waals surface area (Å²) in [4.78, 5) is 10.9. The van der Waals surface area contributed by atoms with Gasteiger partial charge in [0.1, 0.15) is 0 Å². The second-order valence-corrected chi connectivity index (χ2v) is 7.14. The first-order valence-electron chi connectivity index (χ1n) is 9.69. The third-order valence-electron chi connectivity index (χ3n) is 3.87. The number of rotatable bonds is 15. The van der Waals surface area contributed by atoms with Gasteiger partial charge in [-0.05, 0) is 32.1 Å². The molecular weight excluding hydrogens is 402 g/mol. The number of methoxy groups -OCH3 is 1. The quantitative estimate of drug-likeness (QED) is 0.0800. The molecule has 0 atom stereocenters. The monoisotopic (exact) mass is 438 g/mol. The Morgan fingerprint density at radius 3 is 1.54 bits per heavy atom. The number of ether oxygens (including phenoxy) is 1. The number of hydrogen-bond donors (Lipinski definition) is 0. The first-order chi connectivity index (χ1) is 12.3. The van der Waals surface area contributed by atoms with Gasteiger partial charge in [-0.25, -0.2) is 0 Å². The summed E-state index contributed by atoms with van der Waals surface area (Å²) in [6.07, 6.45) is 22.0. The van der Waals surface area contributed by atoms with Crippen molar-refractivity contribution in [2.24, 2.45) is 0 Å². The van der Waals surface area contributed by atoms with Gasteiger partial charge in [-0.3, -0.25) is 13.2 Å². The minimum atomic E-state index is -5.17. The van der Waals surface area contributed by atoms with Gasteiger partial charge in [0.25, 0.3) is 0 Å². The number of carbonyl (C=O) groups is 1. The van der Waals surface area contributed by atoms with Crippen LogP contribution in [0.5, 0.6) is 0 Å². The second-order valence-electron chi connectivity index (χ2n) is 6.32. The maximum atomic E-state index is 10.9. The molecule has 0 amide bonds. The van der Waals surface area contributed by atoms with Crippen LogP contribution in [-0.2, 0) is 19.9 Å². The van der Waals surface area contributed by atoms with E-state index >= 15 is 0 Å². The summed E-state index contributed by atoms with van der Waals surface area (Å²) in [5, 5.41) is 0. The van der Waals surface area contributed by atoms with Crippen molar-refractivity contribution in [1.29, 1.82) is 0 Å². The van der Waals surface area contributed by atoms with Crippen molar-refractivity contribution in [2.45, 2.75) is 96.8 Å². The third kappa shape index (κ3) is 45.7. The van der Waals surface area contributed by atoms with Gasteiger partial charge < -0.3 is 13.8 Å². The predicted molar refractivity (Wildman–Crippen MR) is 102 cm³/mol. The second kappa shape index (κ2) is 28.1. The van der Waals surface area contributed by atoms with Gasteiger partial charge in [0, 0.05) is 16.8 Å². The topological polar surface area (TPSA) is 107 Å². The number of carbonyl (C=O) groups excluding carboxylic acids is 1. The number of hydrogen-bond acceptors (Lipinski definition) is 6. The Kier molecular flexibility index (Phi) is 36.6. The van der Waals surface area contributed by atoms with E-state index in [0.717, 1.165) is 12.8 Å². The van der Waals surface area contributed by atoms with Crippen molar-refractivity contribution in [1.82, 2.24) is 0 Å². The molecule has 0 aliphatic carbocycles. The van der Waals surface area contributed by atoms with E-state index in [-0.39, 0.29) is 65.1 Å². The van der Waals surface area contributed by atoms with Crippen LogP contribution >= 0.6 is 0 Å². The van der Waals surface area contributed by atoms with Crippen LogP contribution < -0.4 is 59.1 Å². The van der Waals surface area contributed by atoms with Crippen LogP contribution in [-0.4, -0.2) is 30.6 Å². The van der Waals surface area contributed by atoms with Gasteiger partial charge in [0.15, 0.2) is 0 Å². The van der Waals surface area contributed by atoms with Gasteiger partial charge in [-0.2, -0.15) is 0 Å². The molecule has 0 saturated carbocycles. The summed E-state index contributed by atoms with van der Waals surface area (Å²) in [5.74, 6) is -0.0763. The molecular formula is C19H36Na2O6S. The van der Waals surface area contributed by atoms with Crippen molar-refractivity contribution in [3.05, 3.63) is 12.2 Å². The summed E-state index contributed by atoms with van der Waals surface area (Å²) in [6.45, 7) is 2.27. The van der Waals surface area contributed by atoms with Gasteiger partial charge in [0.05, 0.1) is 7.11 Å². The van der Waals surface area contributed by atoms with Gasteiger partial charge in [-0.15, -0.1) is 0 Å². The number of allylic oxidation sites excluding steroid dienone is 2. The Hall–Kier alpha value is 1.08. The Balaban J connectivity index is -0.000000364. The maximum Gasteiger partial charge on any atom is 1.00 e. The van der Waals surface area contributed by atoms with Gasteiger partial charge in [0.2, 0.25) is 0 Å². The fraction of sp³-hybridized carbons (Fsp3) is 0.842. The van der Waals surface area contributed by atoms with Crippen molar-refractivity contribution in [3.8, 4) is 0 Å². The Morgan fingerprint density at radius 1 is 0.786 bits per heavy atom. The van der Waals surface area contributed by atoms with E-state index in [1.54, 1.807) is 0 Å². The van der Waals surface area contributed by atoms with Gasteiger partial charge in [-0.1, -0.05) is 70.4 Å². The van der Waals surface area contributed by atoms with Crippen molar-refractivity contribution < 1.29 is 86.2 Å². The average molecular weight is 439 g/mol. The predicted octanol–water partition coefficient (Wildman–Crippen LogP) is -1.13. The maximum absolute atomic E-state index is 10.9. The van der Waals surface area contributed by atoms with Crippen LogP contribution in [0.1, 0.15) is 96.8 Å². The summed E-state index contributed by atoms with van der Waals surface area (Å²) in [6, 6.07) is 0. The van der Waals surface area contributed by atoms with E-state index in [9.17, 15) is 4.79 Å². The average Bonchev–Trinajstić information content (AvgIpc) is 2.56. The molecule has 0 saturated heterocycles. The Morgan fingerprint density at radius 2 is 1.14 bits per heavy atom. The minimum absolute atomic E-state index is 0. The molecule has 0 bridgehead atoms. The molecule has 0 aliphatic heterocycles. The zero-order valence-corrected chi connectivity index (χ0v) is 23.2. The van der Waals surface area contributed by atoms with E-state index in [0.29, 0.717) is 6.42 Å². The molecule has 9 heteroatoms. The van der Waals surface area contributed by atoms with E-state index in [4.69, 9.17) is 17.5 Å². The molecule has 0 aromatic heterocycles. The van der Waals surface area contributed by atoms with Crippen LogP contribution in [0.15, 0.2) is 12.2 Å². The van der Waals surface area contributed by atoms with Crippen LogP contribution in [0, 0.1) is 0 Å². The van der Waals surface area contributed by atoms with E-state index in [1.807, 2.05) is 0 Å². The molecule has 156 valence electrons. The van der Waals surface area contributed by atoms with Crippen LogP contribution in [0.3, 0.4) is 0 Å². The zero-order valence-electron chi connectivity index (χ0n) is 18.4. The smallest absolute Gasteiger partial charge is 0.759 e. The molecule has 28 heavy (non-hydrogen) atoms. The largest absolute Gasteiger partial charge is 1.00 e. The summed E-state index contributed by atoms with van der Waals surface area (Å²) in [5.41, 5.74) is 0. The zero-order chi connectivity index (χ0) is 20.1. The molecule has 0 heterocycles. The Bertz CT molecular complexity index is 434. The summed E-state index contributed by atoms with van der Waals surface area (Å²) >= 11 is 0. The van der Waals surface area contributed by atoms with Crippen molar-refractivity contribution in [3.63, 3.8) is 0 Å². The van der Waals surface area contributed by atoms with Gasteiger partial charge >= 0.3 is 65.1 Å². The fourth-order valence-corrected chi connectivity index (χ4v) is 2.44. The van der Waals surface area contributed by atoms with Crippen LogP contribution in [0.4, 0.5) is 0 Å². The standard InChI is InChI=1S/C19H36O2.2Na.H2O4S/c1-3-4-5-6-7-8-9-10-11-12-13-14-15-16-17-18-19(20)21-2;;;1-5(2,3)4/h10-11H,3-9,12-18H2,1-2H3;;;(H2,1,2,3,4)/q;2*+1;/p-2. The molecule has 0 fully saturated rings. The number of unbranched alkanes of at least 4 members (excludes halogenated alkanes) is 11. The third-order valence-corrected chi connectivity index (χ3v) is 3.87. The molecule has 0 spiro atoms. The summed E-state index contributed by atoms with van der Waals surface area (Å²) in [7, 11) is -3.71. The SMILES string of the molecule is CCCCCCCCC=CCCCCCCCC(=O)OC.O=S(=O)([O-])[O-].[Na+].[Na+]. The normalized spacial score (nSPS) is 10.4. The van der Waals surface area contributed by atoms with E-state index in [1.165, 1.54) is 77.7 Å². The molecule has 0 unspecified atom stereocenters. The number of esters is 1. The van der Waals surface area contributed by atoms with E-state index in [2.05, 4.69) is 23.8 Å². The molecule has 0 aromatic rings. The Labute approximate surface area is 216 Å². The fourth-order valence-electron chi connectivity index (χ4n) is 2.44. The molecule has 0 aromatic carbocycles. The van der Waals surface area contributed by atoms with Crippen LogP contribution in [0.2, 0.25) is 0 Å². The molecule has 0 N–H and O–H groups in total. The minimum Gasteiger partial charge on any atom is -0.759 e. The summed E-state index contributed by atoms with van der Waals surface area (Å²) < 4.78 is 38.7. The molecule has 6 nitrogen and oxygen atoms in total. The van der Waals surface area contributed by atoms with Crippen molar-refractivity contribution >= 4 is 16.4 Å².